The summed E-state index contributed by atoms with van der Waals surface area (Å²) in [5.74, 6) is -0.734. The second-order valence-electron chi connectivity index (χ2n) is 5.68. The Hall–Kier alpha value is -3.63. The molecule has 0 aliphatic carbocycles. The Morgan fingerprint density at radius 3 is 2.81 bits per heavy atom. The van der Waals surface area contributed by atoms with E-state index in [1.54, 1.807) is 18.5 Å². The molecule has 134 valence electrons. The Labute approximate surface area is 147 Å². The smallest absolute Gasteiger partial charge is 0.358 e. The quantitative estimate of drug-likeness (QED) is 0.398. The zero-order chi connectivity index (χ0) is 18.7. The van der Waals surface area contributed by atoms with Gasteiger partial charge in [0, 0.05) is 0 Å². The average Bonchev–Trinajstić information content (AvgIpc) is 3.18. The zero-order valence-corrected chi connectivity index (χ0v) is 14.2. The molecule has 11 heteroatoms. The van der Waals surface area contributed by atoms with Crippen LogP contribution in [0.15, 0.2) is 35.4 Å². The SMILES string of the molecule is C/C(Cn1nnc2ccccc21)=N\NC(=O)Cn1nc([N+](=O)[O-])cc1C. The van der Waals surface area contributed by atoms with Crippen molar-refractivity contribution in [2.45, 2.75) is 26.9 Å². The Morgan fingerprint density at radius 1 is 1.31 bits per heavy atom. The number of para-hydroxylation sites is 1. The number of aryl methyl sites for hydroxylation is 1. The summed E-state index contributed by atoms with van der Waals surface area (Å²) >= 11 is 0. The number of nitro groups is 1. The van der Waals surface area contributed by atoms with Crippen LogP contribution in [0.3, 0.4) is 0 Å². The fourth-order valence-corrected chi connectivity index (χ4v) is 2.36. The molecule has 11 nitrogen and oxygen atoms in total. The van der Waals surface area contributed by atoms with Gasteiger partial charge in [-0.1, -0.05) is 17.3 Å². The van der Waals surface area contributed by atoms with Crippen LogP contribution < -0.4 is 5.43 Å². The molecule has 1 amide bonds. The minimum atomic E-state index is -0.605. The van der Waals surface area contributed by atoms with Gasteiger partial charge in [-0.05, 0) is 30.9 Å². The van der Waals surface area contributed by atoms with E-state index in [2.05, 4.69) is 25.9 Å². The lowest BCUT2D eigenvalue weighted by molar-refractivity contribution is -0.389. The molecule has 0 aliphatic rings. The molecule has 0 fully saturated rings. The van der Waals surface area contributed by atoms with Gasteiger partial charge in [0.15, 0.2) is 0 Å². The van der Waals surface area contributed by atoms with Crippen LogP contribution >= 0.6 is 0 Å². The third-order valence-electron chi connectivity index (χ3n) is 3.62. The Bertz CT molecular complexity index is 1000. The lowest BCUT2D eigenvalue weighted by atomic mass is 10.3. The Kier molecular flexibility index (Phi) is 4.69. The largest absolute Gasteiger partial charge is 0.390 e. The number of rotatable bonds is 6. The molecule has 0 atom stereocenters. The molecule has 26 heavy (non-hydrogen) atoms. The zero-order valence-electron chi connectivity index (χ0n) is 14.2. The first-order chi connectivity index (χ1) is 12.4. The van der Waals surface area contributed by atoms with Crippen molar-refractivity contribution in [3.63, 3.8) is 0 Å². The van der Waals surface area contributed by atoms with Crippen molar-refractivity contribution in [1.82, 2.24) is 30.2 Å². The standard InChI is InChI=1S/C15H16N8O3/c1-10(8-22-13-6-4-3-5-12(13)17-20-22)16-18-15(24)9-21-11(2)7-14(19-21)23(25)26/h3-7H,8-9H2,1-2H3,(H,18,24)/b16-10+. The van der Waals surface area contributed by atoms with Gasteiger partial charge in [0.1, 0.15) is 12.1 Å². The minimum Gasteiger partial charge on any atom is -0.358 e. The molecule has 1 N–H and O–H groups in total. The molecule has 3 rings (SSSR count). The number of hydrazone groups is 1. The van der Waals surface area contributed by atoms with Crippen LogP contribution in [0.5, 0.6) is 0 Å². The molecule has 0 saturated heterocycles. The van der Waals surface area contributed by atoms with E-state index in [-0.39, 0.29) is 12.4 Å². The number of amides is 1. The predicted octanol–water partition coefficient (Wildman–Crippen LogP) is 1.04. The number of carbonyl (C=O) groups excluding carboxylic acids is 1. The monoisotopic (exact) mass is 356 g/mol. The van der Waals surface area contributed by atoms with E-state index in [1.807, 2.05) is 24.3 Å². The molecular weight excluding hydrogens is 340 g/mol. The van der Waals surface area contributed by atoms with Gasteiger partial charge in [-0.3, -0.25) is 4.79 Å². The molecule has 0 aliphatic heterocycles. The molecule has 3 aromatic rings. The van der Waals surface area contributed by atoms with Crippen molar-refractivity contribution in [2.24, 2.45) is 5.10 Å². The Morgan fingerprint density at radius 2 is 2.08 bits per heavy atom. The number of benzene rings is 1. The van der Waals surface area contributed by atoms with E-state index in [4.69, 9.17) is 0 Å². The second kappa shape index (κ2) is 7.09. The highest BCUT2D eigenvalue weighted by atomic mass is 16.6. The molecule has 0 spiro atoms. The molecule has 0 bridgehead atoms. The van der Waals surface area contributed by atoms with Crippen LogP contribution in [0.25, 0.3) is 11.0 Å². The Balaban J connectivity index is 1.62. The van der Waals surface area contributed by atoms with Gasteiger partial charge in [-0.2, -0.15) is 9.78 Å². The van der Waals surface area contributed by atoms with Gasteiger partial charge in [0.05, 0.1) is 34.6 Å². The summed E-state index contributed by atoms with van der Waals surface area (Å²) in [6.45, 7) is 3.59. The number of nitrogens with zero attached hydrogens (tertiary/aromatic N) is 7. The third kappa shape index (κ3) is 3.71. The predicted molar refractivity (Wildman–Crippen MR) is 92.4 cm³/mol. The highest BCUT2D eigenvalue weighted by molar-refractivity contribution is 5.85. The minimum absolute atomic E-state index is 0.164. The fourth-order valence-electron chi connectivity index (χ4n) is 2.36. The molecule has 2 heterocycles. The number of aromatic nitrogens is 5. The molecule has 1 aromatic carbocycles. The van der Waals surface area contributed by atoms with Gasteiger partial charge in [0.2, 0.25) is 0 Å². The maximum Gasteiger partial charge on any atom is 0.390 e. The summed E-state index contributed by atoms with van der Waals surface area (Å²) in [6, 6.07) is 8.83. The van der Waals surface area contributed by atoms with Crippen molar-refractivity contribution < 1.29 is 9.72 Å². The first kappa shape index (κ1) is 17.2. The summed E-state index contributed by atoms with van der Waals surface area (Å²) in [4.78, 5) is 22.1. The number of fused-ring (bicyclic) bond motifs is 1. The van der Waals surface area contributed by atoms with Crippen LogP contribution in [0.1, 0.15) is 12.6 Å². The lowest BCUT2D eigenvalue weighted by Crippen LogP contribution is -2.26. The summed E-state index contributed by atoms with van der Waals surface area (Å²) in [5.41, 5.74) is 5.20. The van der Waals surface area contributed by atoms with Gasteiger partial charge in [-0.15, -0.1) is 5.10 Å². The molecule has 0 radical (unpaired) electrons. The third-order valence-corrected chi connectivity index (χ3v) is 3.62. The van der Waals surface area contributed by atoms with Gasteiger partial charge in [-0.25, -0.2) is 10.1 Å². The van der Waals surface area contributed by atoms with E-state index in [1.165, 1.54) is 10.7 Å². The van der Waals surface area contributed by atoms with Crippen molar-refractivity contribution in [3.8, 4) is 0 Å². The number of hydrogen-bond donors (Lipinski definition) is 1. The number of nitrogens with one attached hydrogen (secondary N) is 1. The molecule has 2 aromatic heterocycles. The van der Waals surface area contributed by atoms with Crippen molar-refractivity contribution in [3.05, 3.63) is 46.1 Å². The van der Waals surface area contributed by atoms with Crippen molar-refractivity contribution in [2.75, 3.05) is 0 Å². The van der Waals surface area contributed by atoms with Crippen molar-refractivity contribution in [1.29, 1.82) is 0 Å². The second-order valence-corrected chi connectivity index (χ2v) is 5.68. The first-order valence-electron chi connectivity index (χ1n) is 7.73. The maximum atomic E-state index is 12.0. The number of hydrogen-bond acceptors (Lipinski definition) is 7. The highest BCUT2D eigenvalue weighted by Crippen LogP contribution is 2.11. The summed E-state index contributed by atoms with van der Waals surface area (Å²) in [5, 5.41) is 26.6. The van der Waals surface area contributed by atoms with Crippen LogP contribution in [-0.2, 0) is 17.9 Å². The first-order valence-corrected chi connectivity index (χ1v) is 7.73. The average molecular weight is 356 g/mol. The molecule has 0 saturated carbocycles. The number of carbonyl (C=O) groups is 1. The summed E-state index contributed by atoms with van der Waals surface area (Å²) in [7, 11) is 0. The van der Waals surface area contributed by atoms with E-state index >= 15 is 0 Å². The maximum absolute atomic E-state index is 12.0. The normalized spacial score (nSPS) is 11.7. The van der Waals surface area contributed by atoms with E-state index < -0.39 is 10.8 Å². The summed E-state index contributed by atoms with van der Waals surface area (Å²) < 4.78 is 2.94. The van der Waals surface area contributed by atoms with Gasteiger partial charge >= 0.3 is 5.82 Å². The van der Waals surface area contributed by atoms with Gasteiger partial charge < -0.3 is 10.1 Å². The van der Waals surface area contributed by atoms with Crippen LogP contribution in [-0.4, -0.2) is 41.3 Å². The van der Waals surface area contributed by atoms with E-state index in [9.17, 15) is 14.9 Å². The van der Waals surface area contributed by atoms with Crippen LogP contribution in [0.4, 0.5) is 5.82 Å². The summed E-state index contributed by atoms with van der Waals surface area (Å²) in [6.07, 6.45) is 0. The fraction of sp³-hybridized carbons (Fsp3) is 0.267. The van der Waals surface area contributed by atoms with E-state index in [0.717, 1.165) is 11.0 Å². The van der Waals surface area contributed by atoms with E-state index in [0.29, 0.717) is 18.0 Å². The van der Waals surface area contributed by atoms with Crippen molar-refractivity contribution >= 4 is 28.5 Å². The highest BCUT2D eigenvalue weighted by Gasteiger charge is 2.17. The van der Waals surface area contributed by atoms with Gasteiger partial charge in [0.25, 0.3) is 5.91 Å². The molecular formula is C15H16N8O3. The lowest BCUT2D eigenvalue weighted by Gasteiger charge is -2.03. The topological polar surface area (TPSA) is 133 Å². The van der Waals surface area contributed by atoms with Crippen LogP contribution in [0, 0.1) is 17.0 Å². The molecule has 0 unspecified atom stereocenters. The van der Waals surface area contributed by atoms with Crippen LogP contribution in [0.2, 0.25) is 0 Å².